The van der Waals surface area contributed by atoms with E-state index >= 15 is 0 Å². The predicted molar refractivity (Wildman–Crippen MR) is 150 cm³/mol. The third kappa shape index (κ3) is 3.18. The molecule has 8 rings (SSSR count). The Kier molecular flexibility index (Phi) is 5.40. The number of nitrogens with zero attached hydrogens (tertiary/aromatic N) is 2. The number of para-hydroxylation sites is 2. The van der Waals surface area contributed by atoms with Gasteiger partial charge in [-0.2, -0.15) is 5.10 Å². The third-order valence-corrected chi connectivity index (χ3v) is 8.68. The molecule has 40 heavy (non-hydrogen) atoms. The molecule has 7 nitrogen and oxygen atoms in total. The molecule has 196 valence electrons. The van der Waals surface area contributed by atoms with Crippen molar-refractivity contribution in [1.82, 2.24) is 5.43 Å². The normalized spacial score (nSPS) is 24.1. The standard InChI is InChI=1S/C32H22ClN3O4/c33-23-14-6-7-15-24(23)36-30(39)27-26-18-9-1-4-12-21(18)32(28(27)31(36)40,22-13-5-2-10-19(22)26)17-34-35-29(38)20-11-3-8-16-25(20)37/h1-17,26-28,37H,(H,35,38)/b34-17+. The van der Waals surface area contributed by atoms with Crippen molar-refractivity contribution in [3.8, 4) is 5.75 Å². The van der Waals surface area contributed by atoms with Gasteiger partial charge in [-0.3, -0.25) is 14.4 Å². The van der Waals surface area contributed by atoms with Crippen molar-refractivity contribution in [2.24, 2.45) is 16.9 Å². The zero-order valence-electron chi connectivity index (χ0n) is 21.0. The number of amides is 3. The second-order valence-electron chi connectivity index (χ2n) is 10.2. The molecule has 2 unspecified atom stereocenters. The molecule has 1 heterocycles. The Hall–Kier alpha value is -4.75. The average Bonchev–Trinajstić information content (AvgIpc) is 3.24. The highest BCUT2D eigenvalue weighted by molar-refractivity contribution is 6.36. The van der Waals surface area contributed by atoms with E-state index in [0.29, 0.717) is 10.7 Å². The summed E-state index contributed by atoms with van der Waals surface area (Å²) in [5, 5.41) is 14.8. The van der Waals surface area contributed by atoms with Gasteiger partial charge in [-0.15, -0.1) is 0 Å². The summed E-state index contributed by atoms with van der Waals surface area (Å²) in [5.41, 5.74) is 5.42. The molecule has 0 spiro atoms. The Morgan fingerprint density at radius 1 is 0.850 bits per heavy atom. The zero-order valence-corrected chi connectivity index (χ0v) is 21.7. The van der Waals surface area contributed by atoms with Gasteiger partial charge in [-0.05, 0) is 46.5 Å². The molecular weight excluding hydrogens is 526 g/mol. The number of phenolic OH excluding ortho intramolecular Hbond substituents is 1. The fourth-order valence-corrected chi connectivity index (χ4v) is 7.06. The minimum Gasteiger partial charge on any atom is -0.507 e. The molecule has 1 fully saturated rings. The number of anilines is 1. The lowest BCUT2D eigenvalue weighted by Gasteiger charge is -2.52. The predicted octanol–water partition coefficient (Wildman–Crippen LogP) is 5.01. The molecule has 0 saturated carbocycles. The molecule has 1 aliphatic heterocycles. The van der Waals surface area contributed by atoms with Gasteiger partial charge in [0.25, 0.3) is 5.91 Å². The van der Waals surface area contributed by atoms with Crippen LogP contribution in [0.3, 0.4) is 0 Å². The lowest BCUT2D eigenvalue weighted by atomic mass is 9.47. The number of benzene rings is 4. The van der Waals surface area contributed by atoms with Crippen LogP contribution in [0.1, 0.15) is 38.5 Å². The van der Waals surface area contributed by atoms with Crippen molar-refractivity contribution in [3.05, 3.63) is 130 Å². The first-order chi connectivity index (χ1) is 19.4. The summed E-state index contributed by atoms with van der Waals surface area (Å²) in [4.78, 5) is 42.6. The van der Waals surface area contributed by atoms with E-state index in [-0.39, 0.29) is 29.0 Å². The maximum absolute atomic E-state index is 14.3. The van der Waals surface area contributed by atoms with Gasteiger partial charge in [-0.25, -0.2) is 10.3 Å². The van der Waals surface area contributed by atoms with Crippen molar-refractivity contribution in [3.63, 3.8) is 0 Å². The summed E-state index contributed by atoms with van der Waals surface area (Å²) >= 11 is 6.48. The highest BCUT2D eigenvalue weighted by Gasteiger charge is 2.68. The number of phenols is 1. The number of carbonyl (C=O) groups is 3. The van der Waals surface area contributed by atoms with Crippen LogP contribution in [0.15, 0.2) is 102 Å². The Morgan fingerprint density at radius 2 is 1.45 bits per heavy atom. The van der Waals surface area contributed by atoms with E-state index in [4.69, 9.17) is 11.6 Å². The largest absolute Gasteiger partial charge is 0.507 e. The van der Waals surface area contributed by atoms with Gasteiger partial charge in [-0.1, -0.05) is 84.4 Å². The van der Waals surface area contributed by atoms with Gasteiger partial charge in [0.05, 0.1) is 33.5 Å². The summed E-state index contributed by atoms with van der Waals surface area (Å²) < 4.78 is 0. The second kappa shape index (κ2) is 8.89. The number of hydrogen-bond donors (Lipinski definition) is 2. The number of hydrazone groups is 1. The van der Waals surface area contributed by atoms with Crippen molar-refractivity contribution < 1.29 is 19.5 Å². The third-order valence-electron chi connectivity index (χ3n) is 8.36. The molecule has 2 atom stereocenters. The average molecular weight is 548 g/mol. The van der Waals surface area contributed by atoms with Crippen LogP contribution in [-0.2, 0) is 15.0 Å². The number of imide groups is 1. The van der Waals surface area contributed by atoms with E-state index in [1.807, 2.05) is 48.5 Å². The smallest absolute Gasteiger partial charge is 0.275 e. The molecule has 4 aliphatic rings. The Balaban J connectivity index is 1.42. The number of nitrogens with one attached hydrogen (secondary N) is 1. The molecule has 8 heteroatoms. The van der Waals surface area contributed by atoms with Crippen LogP contribution in [0.5, 0.6) is 5.75 Å². The highest BCUT2D eigenvalue weighted by atomic mass is 35.5. The minimum absolute atomic E-state index is 0.0696. The molecule has 4 aromatic carbocycles. The molecule has 1 saturated heterocycles. The van der Waals surface area contributed by atoms with Gasteiger partial charge in [0.2, 0.25) is 11.8 Å². The minimum atomic E-state index is -1.14. The number of rotatable bonds is 4. The van der Waals surface area contributed by atoms with Crippen LogP contribution in [0.4, 0.5) is 5.69 Å². The summed E-state index contributed by atoms with van der Waals surface area (Å²) in [6.07, 6.45) is 1.58. The van der Waals surface area contributed by atoms with Crippen LogP contribution < -0.4 is 10.3 Å². The Bertz CT molecular complexity index is 1720. The maximum Gasteiger partial charge on any atom is 0.275 e. The summed E-state index contributed by atoms with van der Waals surface area (Å²) in [6, 6.07) is 28.6. The number of aromatic hydroxyl groups is 1. The molecule has 4 aromatic rings. The van der Waals surface area contributed by atoms with E-state index in [1.54, 1.807) is 42.6 Å². The zero-order chi connectivity index (χ0) is 27.6. The first-order valence-corrected chi connectivity index (χ1v) is 13.3. The summed E-state index contributed by atoms with van der Waals surface area (Å²) in [6.45, 7) is 0. The number of halogens is 1. The SMILES string of the molecule is O=C(N/N=C/C12c3ccccc3C(c3ccccc31)C1C(=O)N(c3ccccc3Cl)C(=O)C12)c1ccccc1O. The Labute approximate surface area is 234 Å². The van der Waals surface area contributed by atoms with Crippen LogP contribution >= 0.6 is 11.6 Å². The van der Waals surface area contributed by atoms with Crippen LogP contribution in [-0.4, -0.2) is 29.0 Å². The van der Waals surface area contributed by atoms with E-state index in [2.05, 4.69) is 10.5 Å². The molecule has 3 amide bonds. The fraction of sp³-hybridized carbons (Fsp3) is 0.125. The molecule has 0 radical (unpaired) electrons. The first-order valence-electron chi connectivity index (χ1n) is 12.9. The topological polar surface area (TPSA) is 99.1 Å². The van der Waals surface area contributed by atoms with Gasteiger partial charge >= 0.3 is 0 Å². The summed E-state index contributed by atoms with van der Waals surface area (Å²) in [5.74, 6) is -3.27. The molecule has 0 aromatic heterocycles. The number of hydrogen-bond acceptors (Lipinski definition) is 5. The van der Waals surface area contributed by atoms with E-state index in [9.17, 15) is 19.5 Å². The molecule has 3 aliphatic carbocycles. The molecular formula is C32H22ClN3O4. The van der Waals surface area contributed by atoms with Gasteiger partial charge in [0.15, 0.2) is 0 Å². The van der Waals surface area contributed by atoms with Crippen LogP contribution in [0.2, 0.25) is 5.02 Å². The second-order valence-corrected chi connectivity index (χ2v) is 10.6. The van der Waals surface area contributed by atoms with Crippen molar-refractivity contribution in [2.75, 3.05) is 4.90 Å². The quantitative estimate of drug-likeness (QED) is 0.213. The van der Waals surface area contributed by atoms with E-state index < -0.39 is 23.2 Å². The van der Waals surface area contributed by atoms with Gasteiger partial charge in [0, 0.05) is 12.1 Å². The van der Waals surface area contributed by atoms with Crippen LogP contribution in [0.25, 0.3) is 0 Å². The monoisotopic (exact) mass is 547 g/mol. The highest BCUT2D eigenvalue weighted by Crippen LogP contribution is 2.63. The summed E-state index contributed by atoms with van der Waals surface area (Å²) in [7, 11) is 0. The van der Waals surface area contributed by atoms with E-state index in [0.717, 1.165) is 22.3 Å². The van der Waals surface area contributed by atoms with Crippen molar-refractivity contribution in [1.29, 1.82) is 0 Å². The molecule has 2 N–H and O–H groups in total. The molecule has 2 bridgehead atoms. The first kappa shape index (κ1) is 24.3. The lowest BCUT2D eigenvalue weighted by molar-refractivity contribution is -0.122. The van der Waals surface area contributed by atoms with Gasteiger partial charge in [0.1, 0.15) is 5.75 Å². The van der Waals surface area contributed by atoms with Crippen molar-refractivity contribution >= 4 is 41.2 Å². The Morgan fingerprint density at radius 3 is 2.12 bits per heavy atom. The lowest BCUT2D eigenvalue weighted by Crippen LogP contribution is -2.54. The fourth-order valence-electron chi connectivity index (χ4n) is 6.84. The van der Waals surface area contributed by atoms with Crippen LogP contribution in [0, 0.1) is 11.8 Å². The van der Waals surface area contributed by atoms with E-state index in [1.165, 1.54) is 17.0 Å². The van der Waals surface area contributed by atoms with Crippen molar-refractivity contribution in [2.45, 2.75) is 11.3 Å². The number of carbonyl (C=O) groups excluding carboxylic acids is 3. The van der Waals surface area contributed by atoms with Gasteiger partial charge < -0.3 is 5.11 Å². The maximum atomic E-state index is 14.3.